The molecule has 0 saturated heterocycles. The van der Waals surface area contributed by atoms with Gasteiger partial charge in [-0.3, -0.25) is 9.59 Å². The third kappa shape index (κ3) is 4.04. The van der Waals surface area contributed by atoms with Crippen molar-refractivity contribution in [2.24, 2.45) is 0 Å². The summed E-state index contributed by atoms with van der Waals surface area (Å²) in [4.78, 5) is 39.6. The lowest BCUT2D eigenvalue weighted by Gasteiger charge is -2.25. The van der Waals surface area contributed by atoms with Crippen molar-refractivity contribution in [1.29, 1.82) is 0 Å². The molecule has 1 aliphatic heterocycles. The summed E-state index contributed by atoms with van der Waals surface area (Å²) in [5.74, 6) is -0.0558. The van der Waals surface area contributed by atoms with Gasteiger partial charge in [0, 0.05) is 24.4 Å². The number of benzene rings is 1. The summed E-state index contributed by atoms with van der Waals surface area (Å²) < 4.78 is 15.4. The van der Waals surface area contributed by atoms with E-state index < -0.39 is 11.9 Å². The summed E-state index contributed by atoms with van der Waals surface area (Å²) in [5.41, 5.74) is 1.47. The van der Waals surface area contributed by atoms with Gasteiger partial charge in [-0.15, -0.1) is 11.3 Å². The predicted molar refractivity (Wildman–Crippen MR) is 108 cm³/mol. The molecule has 1 N–H and O–H groups in total. The Kier molecular flexibility index (Phi) is 6.07. The summed E-state index contributed by atoms with van der Waals surface area (Å²) in [6, 6.07) is 4.86. The van der Waals surface area contributed by atoms with E-state index in [1.54, 1.807) is 23.1 Å². The van der Waals surface area contributed by atoms with Crippen molar-refractivity contribution in [2.45, 2.75) is 19.9 Å². The van der Waals surface area contributed by atoms with E-state index in [4.69, 9.17) is 14.2 Å². The molecule has 0 atom stereocenters. The molecular weight excluding hydrogens is 396 g/mol. The van der Waals surface area contributed by atoms with Crippen LogP contribution in [0.2, 0.25) is 0 Å². The topological polar surface area (TPSA) is 94.2 Å². The summed E-state index contributed by atoms with van der Waals surface area (Å²) in [6.45, 7) is 2.43. The second kappa shape index (κ2) is 8.52. The Balaban J connectivity index is 1.96. The molecule has 9 heteroatoms. The van der Waals surface area contributed by atoms with Crippen LogP contribution in [-0.4, -0.2) is 50.6 Å². The van der Waals surface area contributed by atoms with Crippen LogP contribution in [0.25, 0.3) is 0 Å². The van der Waals surface area contributed by atoms with Gasteiger partial charge >= 0.3 is 5.97 Å². The minimum absolute atomic E-state index is 0.0303. The number of esters is 1. The van der Waals surface area contributed by atoms with E-state index in [0.717, 1.165) is 10.4 Å². The quantitative estimate of drug-likeness (QED) is 0.751. The van der Waals surface area contributed by atoms with Crippen molar-refractivity contribution in [3.05, 3.63) is 39.8 Å². The Labute approximate surface area is 172 Å². The standard InChI is InChI=1S/C20H22N2O6S/c1-11(23)22-8-7-14-16(10-22)29-19(17(14)20(25)28-4)21-18(24)13-6-5-12(26-2)9-15(13)27-3/h5-6,9H,7-8,10H2,1-4H3,(H,21,24). The van der Waals surface area contributed by atoms with Gasteiger partial charge in [0.25, 0.3) is 5.91 Å². The molecule has 0 bridgehead atoms. The van der Waals surface area contributed by atoms with E-state index in [0.29, 0.717) is 47.1 Å². The van der Waals surface area contributed by atoms with Crippen LogP contribution in [0.5, 0.6) is 11.5 Å². The zero-order valence-electron chi connectivity index (χ0n) is 16.7. The highest BCUT2D eigenvalue weighted by molar-refractivity contribution is 7.17. The van der Waals surface area contributed by atoms with Gasteiger partial charge in [-0.1, -0.05) is 0 Å². The number of carbonyl (C=O) groups excluding carboxylic acids is 3. The Morgan fingerprint density at radius 2 is 1.90 bits per heavy atom. The second-order valence-electron chi connectivity index (χ2n) is 6.41. The van der Waals surface area contributed by atoms with E-state index in [1.807, 2.05) is 0 Å². The molecule has 1 aliphatic rings. The number of thiophene rings is 1. The monoisotopic (exact) mass is 418 g/mol. The maximum absolute atomic E-state index is 12.9. The van der Waals surface area contributed by atoms with E-state index in [1.165, 1.54) is 39.6 Å². The normalized spacial score (nSPS) is 12.8. The number of methoxy groups -OCH3 is 3. The minimum atomic E-state index is -0.518. The fourth-order valence-electron chi connectivity index (χ4n) is 3.23. The Morgan fingerprint density at radius 3 is 2.52 bits per heavy atom. The summed E-state index contributed by atoms with van der Waals surface area (Å²) in [7, 11) is 4.29. The molecular formula is C20H22N2O6S. The number of nitrogens with zero attached hydrogens (tertiary/aromatic N) is 1. The molecule has 29 heavy (non-hydrogen) atoms. The smallest absolute Gasteiger partial charge is 0.341 e. The number of rotatable bonds is 5. The van der Waals surface area contributed by atoms with Crippen molar-refractivity contribution >= 4 is 34.1 Å². The lowest BCUT2D eigenvalue weighted by Crippen LogP contribution is -2.33. The average molecular weight is 418 g/mol. The molecule has 1 aromatic carbocycles. The minimum Gasteiger partial charge on any atom is -0.497 e. The van der Waals surface area contributed by atoms with Crippen LogP contribution >= 0.6 is 11.3 Å². The van der Waals surface area contributed by atoms with Crippen LogP contribution in [0.15, 0.2) is 18.2 Å². The highest BCUT2D eigenvalue weighted by atomic mass is 32.1. The summed E-state index contributed by atoms with van der Waals surface area (Å²) in [5, 5.41) is 3.21. The molecule has 0 radical (unpaired) electrons. The van der Waals surface area contributed by atoms with E-state index in [-0.39, 0.29) is 5.91 Å². The first-order valence-electron chi connectivity index (χ1n) is 8.91. The maximum atomic E-state index is 12.9. The highest BCUT2D eigenvalue weighted by Crippen LogP contribution is 2.38. The van der Waals surface area contributed by atoms with E-state index in [9.17, 15) is 14.4 Å². The van der Waals surface area contributed by atoms with Gasteiger partial charge in [0.1, 0.15) is 16.5 Å². The molecule has 8 nitrogen and oxygen atoms in total. The van der Waals surface area contributed by atoms with Crippen molar-refractivity contribution in [2.75, 3.05) is 33.2 Å². The van der Waals surface area contributed by atoms with Crippen LogP contribution in [0, 0.1) is 0 Å². The Morgan fingerprint density at radius 1 is 1.14 bits per heavy atom. The molecule has 2 heterocycles. The predicted octanol–water partition coefficient (Wildman–Crippen LogP) is 2.71. The van der Waals surface area contributed by atoms with Crippen molar-refractivity contribution in [1.82, 2.24) is 4.90 Å². The zero-order chi connectivity index (χ0) is 21.1. The number of ether oxygens (including phenoxy) is 3. The molecule has 0 fully saturated rings. The molecule has 2 aromatic rings. The number of anilines is 1. The van der Waals surface area contributed by atoms with Gasteiger partial charge in [-0.05, 0) is 24.1 Å². The third-order valence-electron chi connectivity index (χ3n) is 4.77. The number of hydrogen-bond donors (Lipinski definition) is 1. The number of nitrogens with one attached hydrogen (secondary N) is 1. The first-order valence-corrected chi connectivity index (χ1v) is 9.73. The first-order chi connectivity index (χ1) is 13.9. The lowest BCUT2D eigenvalue weighted by atomic mass is 10.0. The molecule has 0 saturated carbocycles. The van der Waals surface area contributed by atoms with Gasteiger partial charge < -0.3 is 24.4 Å². The van der Waals surface area contributed by atoms with Gasteiger partial charge in [0.05, 0.1) is 39.0 Å². The van der Waals surface area contributed by atoms with Crippen molar-refractivity contribution in [3.63, 3.8) is 0 Å². The second-order valence-corrected chi connectivity index (χ2v) is 7.52. The lowest BCUT2D eigenvalue weighted by molar-refractivity contribution is -0.129. The molecule has 0 unspecified atom stereocenters. The van der Waals surface area contributed by atoms with Crippen molar-refractivity contribution < 1.29 is 28.6 Å². The molecule has 3 rings (SSSR count). The van der Waals surface area contributed by atoms with Crippen LogP contribution < -0.4 is 14.8 Å². The maximum Gasteiger partial charge on any atom is 0.341 e. The highest BCUT2D eigenvalue weighted by Gasteiger charge is 2.30. The SMILES string of the molecule is COC(=O)c1c(NC(=O)c2ccc(OC)cc2OC)sc2c1CCN(C(C)=O)C2. The molecule has 154 valence electrons. The Bertz CT molecular complexity index is 968. The zero-order valence-corrected chi connectivity index (χ0v) is 17.5. The molecule has 2 amide bonds. The average Bonchev–Trinajstić information content (AvgIpc) is 3.09. The fourth-order valence-corrected chi connectivity index (χ4v) is 4.48. The summed E-state index contributed by atoms with van der Waals surface area (Å²) in [6.07, 6.45) is 0.525. The van der Waals surface area contributed by atoms with Crippen LogP contribution in [0.4, 0.5) is 5.00 Å². The van der Waals surface area contributed by atoms with Crippen LogP contribution in [0.1, 0.15) is 38.1 Å². The van der Waals surface area contributed by atoms with Gasteiger partial charge in [-0.25, -0.2) is 4.79 Å². The van der Waals surface area contributed by atoms with Gasteiger partial charge in [-0.2, -0.15) is 0 Å². The largest absolute Gasteiger partial charge is 0.497 e. The van der Waals surface area contributed by atoms with Crippen LogP contribution in [-0.2, 0) is 22.5 Å². The summed E-state index contributed by atoms with van der Waals surface area (Å²) >= 11 is 1.28. The number of fused-ring (bicyclic) bond motifs is 1. The van der Waals surface area contributed by atoms with Gasteiger partial charge in [0.15, 0.2) is 0 Å². The first kappa shape index (κ1) is 20.7. The molecule has 1 aromatic heterocycles. The molecule has 0 spiro atoms. The number of amides is 2. The van der Waals surface area contributed by atoms with Gasteiger partial charge in [0.2, 0.25) is 5.91 Å². The Hall–Kier alpha value is -3.07. The number of hydrogen-bond acceptors (Lipinski definition) is 7. The van der Waals surface area contributed by atoms with E-state index in [2.05, 4.69) is 5.32 Å². The van der Waals surface area contributed by atoms with Crippen LogP contribution in [0.3, 0.4) is 0 Å². The fraction of sp³-hybridized carbons (Fsp3) is 0.350. The molecule has 0 aliphatic carbocycles. The van der Waals surface area contributed by atoms with Crippen molar-refractivity contribution in [3.8, 4) is 11.5 Å². The third-order valence-corrected chi connectivity index (χ3v) is 5.90. The number of carbonyl (C=O) groups is 3. The van der Waals surface area contributed by atoms with E-state index >= 15 is 0 Å².